The zero-order valence-electron chi connectivity index (χ0n) is 8.47. The van der Waals surface area contributed by atoms with Crippen molar-refractivity contribution >= 4 is 28.8 Å². The van der Waals surface area contributed by atoms with Gasteiger partial charge in [0.15, 0.2) is 0 Å². The third-order valence-corrected chi connectivity index (χ3v) is 2.68. The molecule has 0 amide bonds. The first-order valence-electron chi connectivity index (χ1n) is 4.72. The molecule has 0 bridgehead atoms. The molecule has 0 heterocycles. The second-order valence-corrected chi connectivity index (χ2v) is 4.61. The maximum Gasteiger partial charge on any atom is 0.127 e. The molecule has 4 heteroatoms. The molecule has 0 aliphatic heterocycles. The Morgan fingerprint density at radius 3 is 2.80 bits per heavy atom. The first-order valence-corrected chi connectivity index (χ1v) is 5.50. The Balaban J connectivity index is 2.76. The van der Waals surface area contributed by atoms with E-state index in [1.807, 2.05) is 6.92 Å². The monoisotopic (exact) mass is 245 g/mol. The lowest BCUT2D eigenvalue weighted by molar-refractivity contribution is 0.558. The Bertz CT molecular complexity index is 347. The predicted octanol–water partition coefficient (Wildman–Crippen LogP) is 3.33. The van der Waals surface area contributed by atoms with Gasteiger partial charge < -0.3 is 5.73 Å². The molecule has 1 nitrogen and oxygen atoms in total. The number of rotatable bonds is 4. The van der Waals surface area contributed by atoms with E-state index < -0.39 is 0 Å². The van der Waals surface area contributed by atoms with Crippen molar-refractivity contribution in [2.45, 2.75) is 19.8 Å². The Kier molecular flexibility index (Phi) is 4.48. The van der Waals surface area contributed by atoms with Crippen molar-refractivity contribution in [3.05, 3.63) is 34.6 Å². The highest BCUT2D eigenvalue weighted by molar-refractivity contribution is 7.80. The third kappa shape index (κ3) is 3.76. The average molecular weight is 246 g/mol. The number of thiocarbonyl (C=S) groups is 1. The quantitative estimate of drug-likeness (QED) is 0.824. The van der Waals surface area contributed by atoms with Crippen molar-refractivity contribution in [2.24, 2.45) is 11.7 Å². The summed E-state index contributed by atoms with van der Waals surface area (Å²) in [7, 11) is 0. The standard InChI is InChI=1S/C11H13ClFNS/c1-7(6-11(14)15)5-8-9(12)3-2-4-10(8)13/h2-4,7H,5-6H2,1H3,(H2,14,15). The van der Waals surface area contributed by atoms with E-state index >= 15 is 0 Å². The lowest BCUT2D eigenvalue weighted by Gasteiger charge is -2.12. The number of hydrogen-bond acceptors (Lipinski definition) is 1. The lowest BCUT2D eigenvalue weighted by Crippen LogP contribution is -2.14. The van der Waals surface area contributed by atoms with Crippen LogP contribution in [0.1, 0.15) is 18.9 Å². The summed E-state index contributed by atoms with van der Waals surface area (Å²) in [5.74, 6) is -0.0609. The van der Waals surface area contributed by atoms with Gasteiger partial charge in [-0.05, 0) is 24.5 Å². The van der Waals surface area contributed by atoms with Crippen LogP contribution in [-0.2, 0) is 6.42 Å². The van der Waals surface area contributed by atoms with Crippen LogP contribution in [0, 0.1) is 11.7 Å². The van der Waals surface area contributed by atoms with E-state index in [4.69, 9.17) is 29.6 Å². The van der Waals surface area contributed by atoms with E-state index in [1.54, 1.807) is 12.1 Å². The molecular formula is C11H13ClFNS. The van der Waals surface area contributed by atoms with Gasteiger partial charge in [-0.3, -0.25) is 0 Å². The van der Waals surface area contributed by atoms with Crippen molar-refractivity contribution in [3.63, 3.8) is 0 Å². The molecule has 0 aliphatic rings. The molecule has 15 heavy (non-hydrogen) atoms. The van der Waals surface area contributed by atoms with Crippen LogP contribution in [0.3, 0.4) is 0 Å². The van der Waals surface area contributed by atoms with Crippen molar-refractivity contribution in [2.75, 3.05) is 0 Å². The van der Waals surface area contributed by atoms with Crippen molar-refractivity contribution in [3.8, 4) is 0 Å². The SMILES string of the molecule is CC(CC(N)=S)Cc1c(F)cccc1Cl. The van der Waals surface area contributed by atoms with Gasteiger partial charge in [0, 0.05) is 17.0 Å². The first-order chi connectivity index (χ1) is 7.00. The number of halogens is 2. The normalized spacial score (nSPS) is 12.5. The molecule has 0 saturated heterocycles. The molecule has 1 aromatic rings. The van der Waals surface area contributed by atoms with Gasteiger partial charge in [0.1, 0.15) is 5.82 Å². The van der Waals surface area contributed by atoms with Crippen LogP contribution in [0.4, 0.5) is 4.39 Å². The Hall–Kier alpha value is -0.670. The van der Waals surface area contributed by atoms with Crippen LogP contribution >= 0.6 is 23.8 Å². The van der Waals surface area contributed by atoms with E-state index in [9.17, 15) is 4.39 Å². The minimum Gasteiger partial charge on any atom is -0.393 e. The van der Waals surface area contributed by atoms with Gasteiger partial charge >= 0.3 is 0 Å². The number of hydrogen-bond donors (Lipinski definition) is 1. The van der Waals surface area contributed by atoms with Crippen molar-refractivity contribution < 1.29 is 4.39 Å². The summed E-state index contributed by atoms with van der Waals surface area (Å²) in [6.07, 6.45) is 1.17. The predicted molar refractivity (Wildman–Crippen MR) is 65.7 cm³/mol. The van der Waals surface area contributed by atoms with Gasteiger partial charge in [-0.15, -0.1) is 0 Å². The molecule has 0 saturated carbocycles. The highest BCUT2D eigenvalue weighted by Crippen LogP contribution is 2.23. The van der Waals surface area contributed by atoms with Crippen LogP contribution in [-0.4, -0.2) is 4.99 Å². The summed E-state index contributed by atoms with van der Waals surface area (Å²) in [5.41, 5.74) is 5.97. The summed E-state index contributed by atoms with van der Waals surface area (Å²) >= 11 is 10.7. The van der Waals surface area contributed by atoms with Gasteiger partial charge in [0.2, 0.25) is 0 Å². The van der Waals surface area contributed by atoms with E-state index in [0.29, 0.717) is 28.4 Å². The second kappa shape index (κ2) is 5.42. The Morgan fingerprint density at radius 1 is 1.60 bits per heavy atom. The molecule has 0 aliphatic carbocycles. The van der Waals surface area contributed by atoms with Crippen LogP contribution in [0.2, 0.25) is 5.02 Å². The first kappa shape index (κ1) is 12.4. The summed E-state index contributed by atoms with van der Waals surface area (Å²) in [6, 6.07) is 4.70. The summed E-state index contributed by atoms with van der Waals surface area (Å²) in [4.78, 5) is 0.454. The topological polar surface area (TPSA) is 26.0 Å². The molecule has 1 rings (SSSR count). The van der Waals surface area contributed by atoms with Crippen LogP contribution in [0.25, 0.3) is 0 Å². The van der Waals surface area contributed by atoms with Gasteiger partial charge in [0.05, 0.1) is 4.99 Å². The molecule has 0 spiro atoms. The van der Waals surface area contributed by atoms with E-state index in [-0.39, 0.29) is 11.7 Å². The van der Waals surface area contributed by atoms with Crippen molar-refractivity contribution in [1.82, 2.24) is 0 Å². The summed E-state index contributed by atoms with van der Waals surface area (Å²) < 4.78 is 13.4. The zero-order chi connectivity index (χ0) is 11.4. The summed E-state index contributed by atoms with van der Waals surface area (Å²) in [6.45, 7) is 1.97. The largest absolute Gasteiger partial charge is 0.393 e. The molecule has 2 N–H and O–H groups in total. The molecule has 0 radical (unpaired) electrons. The molecular weight excluding hydrogens is 233 g/mol. The second-order valence-electron chi connectivity index (χ2n) is 3.68. The third-order valence-electron chi connectivity index (χ3n) is 2.16. The molecule has 1 atom stereocenters. The Morgan fingerprint density at radius 2 is 2.27 bits per heavy atom. The van der Waals surface area contributed by atoms with Gasteiger partial charge in [-0.2, -0.15) is 0 Å². The fourth-order valence-corrected chi connectivity index (χ4v) is 2.02. The van der Waals surface area contributed by atoms with Crippen molar-refractivity contribution in [1.29, 1.82) is 0 Å². The van der Waals surface area contributed by atoms with E-state index in [2.05, 4.69) is 0 Å². The number of benzene rings is 1. The fourth-order valence-electron chi connectivity index (χ4n) is 1.49. The lowest BCUT2D eigenvalue weighted by atomic mass is 9.98. The van der Waals surface area contributed by atoms with Crippen LogP contribution < -0.4 is 5.73 Å². The van der Waals surface area contributed by atoms with Crippen LogP contribution in [0.5, 0.6) is 0 Å². The maximum absolute atomic E-state index is 13.4. The molecule has 0 fully saturated rings. The minimum atomic E-state index is -0.266. The zero-order valence-corrected chi connectivity index (χ0v) is 10.0. The smallest absolute Gasteiger partial charge is 0.127 e. The number of nitrogens with two attached hydrogens (primary N) is 1. The minimum absolute atomic E-state index is 0.205. The van der Waals surface area contributed by atoms with E-state index in [0.717, 1.165) is 0 Å². The highest BCUT2D eigenvalue weighted by Gasteiger charge is 2.11. The molecule has 82 valence electrons. The van der Waals surface area contributed by atoms with E-state index in [1.165, 1.54) is 6.07 Å². The molecule has 0 aromatic heterocycles. The van der Waals surface area contributed by atoms with Crippen LogP contribution in [0.15, 0.2) is 18.2 Å². The molecule has 1 aromatic carbocycles. The van der Waals surface area contributed by atoms with Gasteiger partial charge in [-0.25, -0.2) is 4.39 Å². The fraction of sp³-hybridized carbons (Fsp3) is 0.364. The van der Waals surface area contributed by atoms with Gasteiger partial charge in [-0.1, -0.05) is 36.8 Å². The average Bonchev–Trinajstić information content (AvgIpc) is 2.10. The highest BCUT2D eigenvalue weighted by atomic mass is 35.5. The Labute approximate surface area is 99.4 Å². The molecule has 1 unspecified atom stereocenters. The maximum atomic E-state index is 13.4. The van der Waals surface area contributed by atoms with Gasteiger partial charge in [0.25, 0.3) is 0 Å². The summed E-state index contributed by atoms with van der Waals surface area (Å²) in [5, 5.41) is 0.463.